The monoisotopic (exact) mass is 206 g/mol. The minimum absolute atomic E-state index is 0.00579. The zero-order chi connectivity index (χ0) is 11.6. The van der Waals surface area contributed by atoms with Gasteiger partial charge in [0.15, 0.2) is 5.78 Å². The van der Waals surface area contributed by atoms with E-state index in [-0.39, 0.29) is 5.78 Å². The van der Waals surface area contributed by atoms with E-state index >= 15 is 0 Å². The molecule has 0 atom stereocenters. The minimum Gasteiger partial charge on any atom is -0.398 e. The quantitative estimate of drug-likeness (QED) is 0.609. The molecule has 0 bridgehead atoms. The number of nitrogens with two attached hydrogens (primary N) is 1. The first-order valence-electron chi connectivity index (χ1n) is 5.06. The van der Waals surface area contributed by atoms with Gasteiger partial charge >= 0.3 is 0 Å². The smallest absolute Gasteiger partial charge is 0.161 e. The largest absolute Gasteiger partial charge is 0.398 e. The Labute approximate surface area is 90.9 Å². The Morgan fingerprint density at radius 1 is 1.40 bits per heavy atom. The summed E-state index contributed by atoms with van der Waals surface area (Å²) in [7, 11) is 2.01. The van der Waals surface area contributed by atoms with Crippen molar-refractivity contribution >= 4 is 17.2 Å². The molecule has 15 heavy (non-hydrogen) atoms. The molecule has 1 rings (SSSR count). The molecule has 0 saturated heterocycles. The van der Waals surface area contributed by atoms with Crippen LogP contribution < -0.4 is 10.6 Å². The van der Waals surface area contributed by atoms with Crippen LogP contribution in [0.1, 0.15) is 31.1 Å². The second-order valence-corrected chi connectivity index (χ2v) is 4.03. The third-order valence-corrected chi connectivity index (χ3v) is 2.60. The van der Waals surface area contributed by atoms with Crippen LogP contribution in [0.25, 0.3) is 0 Å². The van der Waals surface area contributed by atoms with E-state index < -0.39 is 0 Å². The Morgan fingerprint density at radius 3 is 2.40 bits per heavy atom. The number of nitrogen functional groups attached to an aromatic ring is 1. The Bertz CT molecular complexity index is 372. The number of rotatable bonds is 3. The molecular weight excluding hydrogens is 188 g/mol. The predicted molar refractivity (Wildman–Crippen MR) is 64.4 cm³/mol. The molecule has 0 saturated carbocycles. The molecule has 3 nitrogen and oxygen atoms in total. The molecule has 82 valence electrons. The fourth-order valence-corrected chi connectivity index (χ4v) is 1.39. The third kappa shape index (κ3) is 2.49. The summed E-state index contributed by atoms with van der Waals surface area (Å²) in [4.78, 5) is 13.3. The second kappa shape index (κ2) is 4.34. The summed E-state index contributed by atoms with van der Waals surface area (Å²) in [5.74, 6) is 0.00579. The van der Waals surface area contributed by atoms with Gasteiger partial charge in [0.1, 0.15) is 0 Å². The van der Waals surface area contributed by atoms with Crippen LogP contribution in [0.4, 0.5) is 11.4 Å². The highest BCUT2D eigenvalue weighted by molar-refractivity contribution is 5.99. The van der Waals surface area contributed by atoms with Gasteiger partial charge in [0.2, 0.25) is 0 Å². The first-order valence-corrected chi connectivity index (χ1v) is 5.06. The van der Waals surface area contributed by atoms with E-state index in [1.165, 1.54) is 6.92 Å². The number of Topliss-reactive ketones (excluding diaryl/α,β-unsaturated/α-hetero) is 1. The highest BCUT2D eigenvalue weighted by Gasteiger charge is 2.09. The van der Waals surface area contributed by atoms with Crippen LogP contribution in [-0.4, -0.2) is 18.9 Å². The maximum atomic E-state index is 11.2. The molecule has 3 heteroatoms. The van der Waals surface area contributed by atoms with Gasteiger partial charge in [-0.05, 0) is 39.0 Å². The molecule has 0 aliphatic heterocycles. The fourth-order valence-electron chi connectivity index (χ4n) is 1.39. The van der Waals surface area contributed by atoms with Crippen molar-refractivity contribution < 1.29 is 4.79 Å². The van der Waals surface area contributed by atoms with Crippen molar-refractivity contribution in [2.45, 2.75) is 26.8 Å². The number of hydrogen-bond acceptors (Lipinski definition) is 3. The summed E-state index contributed by atoms with van der Waals surface area (Å²) >= 11 is 0. The van der Waals surface area contributed by atoms with Gasteiger partial charge < -0.3 is 10.6 Å². The van der Waals surface area contributed by atoms with Gasteiger partial charge in [0.25, 0.3) is 0 Å². The average molecular weight is 206 g/mol. The summed E-state index contributed by atoms with van der Waals surface area (Å²) in [6.07, 6.45) is 0. The van der Waals surface area contributed by atoms with Gasteiger partial charge in [0.05, 0.1) is 0 Å². The zero-order valence-electron chi connectivity index (χ0n) is 9.74. The van der Waals surface area contributed by atoms with Crippen molar-refractivity contribution in [2.75, 3.05) is 17.7 Å². The molecule has 0 fully saturated rings. The molecule has 0 spiro atoms. The number of anilines is 2. The zero-order valence-corrected chi connectivity index (χ0v) is 9.74. The number of hydrogen-bond donors (Lipinski definition) is 1. The lowest BCUT2D eigenvalue weighted by molar-refractivity contribution is 0.101. The van der Waals surface area contributed by atoms with Crippen molar-refractivity contribution in [3.8, 4) is 0 Å². The number of nitrogens with zero attached hydrogens (tertiary/aromatic N) is 1. The molecule has 0 aromatic heterocycles. The van der Waals surface area contributed by atoms with Crippen LogP contribution in [0.5, 0.6) is 0 Å². The van der Waals surface area contributed by atoms with E-state index in [0.29, 0.717) is 17.3 Å². The van der Waals surface area contributed by atoms with Crippen LogP contribution in [0.15, 0.2) is 18.2 Å². The Kier molecular flexibility index (Phi) is 3.35. The number of carbonyl (C=O) groups is 1. The van der Waals surface area contributed by atoms with E-state index in [2.05, 4.69) is 18.7 Å². The molecule has 0 aliphatic carbocycles. The van der Waals surface area contributed by atoms with Crippen LogP contribution in [0.3, 0.4) is 0 Å². The topological polar surface area (TPSA) is 46.3 Å². The Morgan fingerprint density at radius 2 is 2.00 bits per heavy atom. The van der Waals surface area contributed by atoms with E-state index in [1.54, 1.807) is 6.07 Å². The summed E-state index contributed by atoms with van der Waals surface area (Å²) in [6, 6.07) is 5.96. The van der Waals surface area contributed by atoms with Gasteiger partial charge in [0, 0.05) is 30.0 Å². The molecule has 1 aromatic rings. The van der Waals surface area contributed by atoms with Crippen molar-refractivity contribution in [3.05, 3.63) is 23.8 Å². The lowest BCUT2D eigenvalue weighted by Crippen LogP contribution is -2.25. The summed E-state index contributed by atoms with van der Waals surface area (Å²) in [5, 5.41) is 0. The average Bonchev–Trinajstić information content (AvgIpc) is 2.15. The highest BCUT2D eigenvalue weighted by Crippen LogP contribution is 2.22. The van der Waals surface area contributed by atoms with Crippen LogP contribution in [0.2, 0.25) is 0 Å². The molecule has 0 radical (unpaired) electrons. The van der Waals surface area contributed by atoms with Gasteiger partial charge in [-0.2, -0.15) is 0 Å². The van der Waals surface area contributed by atoms with E-state index in [1.807, 2.05) is 19.2 Å². The summed E-state index contributed by atoms with van der Waals surface area (Å²) in [6.45, 7) is 5.74. The number of benzene rings is 1. The maximum Gasteiger partial charge on any atom is 0.161 e. The normalized spacial score (nSPS) is 10.5. The van der Waals surface area contributed by atoms with E-state index in [4.69, 9.17) is 5.73 Å². The Hall–Kier alpha value is -1.51. The van der Waals surface area contributed by atoms with Gasteiger partial charge in [-0.3, -0.25) is 4.79 Å². The molecule has 0 aliphatic rings. The molecule has 2 N–H and O–H groups in total. The van der Waals surface area contributed by atoms with Crippen LogP contribution >= 0.6 is 0 Å². The summed E-state index contributed by atoms with van der Waals surface area (Å²) in [5.41, 5.74) is 7.99. The minimum atomic E-state index is 0.00579. The number of ketones is 1. The van der Waals surface area contributed by atoms with Crippen molar-refractivity contribution in [2.24, 2.45) is 0 Å². The molecular formula is C12H18N2O. The second-order valence-electron chi connectivity index (χ2n) is 4.03. The summed E-state index contributed by atoms with van der Waals surface area (Å²) < 4.78 is 0. The number of carbonyl (C=O) groups excluding carboxylic acids is 1. The molecule has 0 amide bonds. The van der Waals surface area contributed by atoms with Gasteiger partial charge in [-0.15, -0.1) is 0 Å². The standard InChI is InChI=1S/C12H18N2O/c1-8(2)14(4)10-5-6-11(9(3)15)12(13)7-10/h5-8H,13H2,1-4H3. The van der Waals surface area contributed by atoms with E-state index in [0.717, 1.165) is 5.69 Å². The van der Waals surface area contributed by atoms with Gasteiger partial charge in [-0.25, -0.2) is 0 Å². The predicted octanol–water partition coefficient (Wildman–Crippen LogP) is 2.32. The van der Waals surface area contributed by atoms with Crippen molar-refractivity contribution in [1.29, 1.82) is 0 Å². The van der Waals surface area contributed by atoms with Crippen molar-refractivity contribution in [3.63, 3.8) is 0 Å². The van der Waals surface area contributed by atoms with Crippen LogP contribution in [0, 0.1) is 0 Å². The first-order chi connectivity index (χ1) is 6.93. The van der Waals surface area contributed by atoms with Crippen LogP contribution in [-0.2, 0) is 0 Å². The Balaban J connectivity index is 3.06. The highest BCUT2D eigenvalue weighted by atomic mass is 16.1. The van der Waals surface area contributed by atoms with Crippen molar-refractivity contribution in [1.82, 2.24) is 0 Å². The van der Waals surface area contributed by atoms with Gasteiger partial charge in [-0.1, -0.05) is 0 Å². The van der Waals surface area contributed by atoms with E-state index in [9.17, 15) is 4.79 Å². The first kappa shape index (κ1) is 11.6. The molecule has 0 heterocycles. The lowest BCUT2D eigenvalue weighted by atomic mass is 10.1. The maximum absolute atomic E-state index is 11.2. The molecule has 0 unspecified atom stereocenters. The third-order valence-electron chi connectivity index (χ3n) is 2.60. The molecule has 1 aromatic carbocycles. The fraction of sp³-hybridized carbons (Fsp3) is 0.417. The lowest BCUT2D eigenvalue weighted by Gasteiger charge is -2.24. The SMILES string of the molecule is CC(=O)c1ccc(N(C)C(C)C)cc1N.